The maximum Gasteiger partial charge on any atom is 0.305 e. The maximum atomic E-state index is 12.9. The van der Waals surface area contributed by atoms with Crippen LogP contribution in [0.1, 0.15) is 51.7 Å². The maximum absolute atomic E-state index is 12.9. The van der Waals surface area contributed by atoms with Crippen LogP contribution < -0.4 is 14.8 Å². The lowest BCUT2D eigenvalue weighted by molar-refractivity contribution is -0.137. The van der Waals surface area contributed by atoms with E-state index in [0.717, 1.165) is 31.2 Å². The van der Waals surface area contributed by atoms with Crippen LogP contribution in [0, 0.1) is 0 Å². The first-order chi connectivity index (χ1) is 13.0. The van der Waals surface area contributed by atoms with Gasteiger partial charge in [-0.2, -0.15) is 0 Å². The molecular weight excluding hydrogens is 366 g/mol. The highest BCUT2D eigenvalue weighted by atomic mass is 32.1. The number of nitrogens with one attached hydrogen (secondary N) is 1. The van der Waals surface area contributed by atoms with Gasteiger partial charge < -0.3 is 19.9 Å². The number of rotatable bonds is 7. The van der Waals surface area contributed by atoms with Crippen LogP contribution in [-0.2, 0) is 17.6 Å². The molecule has 7 heteroatoms. The molecule has 1 aromatic carbocycles. The van der Waals surface area contributed by atoms with Crippen LogP contribution in [0.3, 0.4) is 0 Å². The highest BCUT2D eigenvalue weighted by molar-refractivity contribution is 7.10. The van der Waals surface area contributed by atoms with Gasteiger partial charge in [0.05, 0.1) is 32.2 Å². The first-order valence-electron chi connectivity index (χ1n) is 8.87. The van der Waals surface area contributed by atoms with Gasteiger partial charge in [0.15, 0.2) is 0 Å². The predicted octanol–water partition coefficient (Wildman–Crippen LogP) is 3.59. The first kappa shape index (κ1) is 19.2. The van der Waals surface area contributed by atoms with Crippen molar-refractivity contribution < 1.29 is 24.2 Å². The first-order valence-corrected chi connectivity index (χ1v) is 9.75. The number of carboxylic acids is 1. The van der Waals surface area contributed by atoms with Gasteiger partial charge in [-0.1, -0.05) is 0 Å². The number of carbonyl (C=O) groups is 2. The zero-order chi connectivity index (χ0) is 19.4. The predicted molar refractivity (Wildman–Crippen MR) is 103 cm³/mol. The summed E-state index contributed by atoms with van der Waals surface area (Å²) >= 11 is 1.61. The van der Waals surface area contributed by atoms with E-state index < -0.39 is 12.0 Å². The summed E-state index contributed by atoms with van der Waals surface area (Å²) in [7, 11) is 3.05. The Morgan fingerprint density at radius 2 is 2.00 bits per heavy atom. The lowest BCUT2D eigenvalue weighted by atomic mass is 9.95. The van der Waals surface area contributed by atoms with Gasteiger partial charge in [0.25, 0.3) is 5.91 Å². The number of ether oxygens (including phenoxy) is 2. The van der Waals surface area contributed by atoms with Gasteiger partial charge in [0, 0.05) is 21.9 Å². The Morgan fingerprint density at radius 3 is 2.70 bits per heavy atom. The third kappa shape index (κ3) is 4.24. The number of hydrogen-bond acceptors (Lipinski definition) is 5. The Bertz CT molecular complexity index is 845. The highest BCUT2D eigenvalue weighted by Crippen LogP contribution is 2.33. The Balaban J connectivity index is 1.89. The molecule has 2 aromatic rings. The van der Waals surface area contributed by atoms with Crippen molar-refractivity contribution in [3.8, 4) is 11.5 Å². The molecule has 1 aromatic heterocycles. The van der Waals surface area contributed by atoms with Crippen molar-refractivity contribution in [1.29, 1.82) is 0 Å². The van der Waals surface area contributed by atoms with E-state index >= 15 is 0 Å². The summed E-state index contributed by atoms with van der Waals surface area (Å²) in [5.74, 6) is -0.153. The van der Waals surface area contributed by atoms with Gasteiger partial charge in [-0.3, -0.25) is 9.59 Å². The summed E-state index contributed by atoms with van der Waals surface area (Å²) < 4.78 is 10.6. The second-order valence-electron chi connectivity index (χ2n) is 6.49. The topological polar surface area (TPSA) is 84.9 Å². The standard InChI is InChI=1S/C20H23NO5S/c1-25-12-7-8-14(17(9-12)26-2)16(10-19(22)23)21-20(24)15-11-27-18-6-4-3-5-13(15)18/h7-9,11,16H,3-6,10H2,1-2H3,(H,21,24)(H,22,23). The van der Waals surface area contributed by atoms with Crippen molar-refractivity contribution >= 4 is 23.2 Å². The van der Waals surface area contributed by atoms with Crippen molar-refractivity contribution in [2.24, 2.45) is 0 Å². The van der Waals surface area contributed by atoms with Gasteiger partial charge >= 0.3 is 5.97 Å². The molecular formula is C20H23NO5S. The Kier molecular flexibility index (Phi) is 6.01. The minimum absolute atomic E-state index is 0.235. The second-order valence-corrected chi connectivity index (χ2v) is 7.45. The van der Waals surface area contributed by atoms with E-state index in [-0.39, 0.29) is 12.3 Å². The molecule has 144 valence electrons. The summed E-state index contributed by atoms with van der Waals surface area (Å²) in [5, 5.41) is 14.1. The number of benzene rings is 1. The van der Waals surface area contributed by atoms with E-state index in [9.17, 15) is 14.7 Å². The number of amides is 1. The van der Waals surface area contributed by atoms with Gasteiger partial charge in [-0.05, 0) is 43.4 Å². The number of thiophene rings is 1. The summed E-state index contributed by atoms with van der Waals surface area (Å²) in [6, 6.07) is 4.44. The molecule has 1 unspecified atom stereocenters. The van der Waals surface area contributed by atoms with Crippen LogP contribution in [0.5, 0.6) is 11.5 Å². The van der Waals surface area contributed by atoms with Crippen molar-refractivity contribution in [1.82, 2.24) is 5.32 Å². The molecule has 0 fully saturated rings. The largest absolute Gasteiger partial charge is 0.497 e. The van der Waals surface area contributed by atoms with E-state index in [1.165, 1.54) is 12.0 Å². The van der Waals surface area contributed by atoms with Crippen molar-refractivity contribution in [2.75, 3.05) is 14.2 Å². The lowest BCUT2D eigenvalue weighted by Crippen LogP contribution is -2.31. The normalized spacial score (nSPS) is 14.1. The lowest BCUT2D eigenvalue weighted by Gasteiger charge is -2.21. The fourth-order valence-corrected chi connectivity index (χ4v) is 4.57. The van der Waals surface area contributed by atoms with Crippen molar-refractivity contribution in [3.05, 3.63) is 45.1 Å². The van der Waals surface area contributed by atoms with Crippen LogP contribution in [-0.4, -0.2) is 31.2 Å². The highest BCUT2D eigenvalue weighted by Gasteiger charge is 2.25. The molecule has 6 nitrogen and oxygen atoms in total. The van der Waals surface area contributed by atoms with E-state index in [1.807, 2.05) is 5.38 Å². The molecule has 3 rings (SSSR count). The van der Waals surface area contributed by atoms with Crippen LogP contribution in [0.25, 0.3) is 0 Å². The molecule has 1 amide bonds. The minimum atomic E-state index is -0.995. The van der Waals surface area contributed by atoms with Crippen LogP contribution >= 0.6 is 11.3 Å². The Hall–Kier alpha value is -2.54. The number of carboxylic acid groups (broad SMARTS) is 1. The van der Waals surface area contributed by atoms with Crippen molar-refractivity contribution in [3.63, 3.8) is 0 Å². The van der Waals surface area contributed by atoms with Crippen molar-refractivity contribution in [2.45, 2.75) is 38.1 Å². The zero-order valence-corrected chi connectivity index (χ0v) is 16.2. The molecule has 27 heavy (non-hydrogen) atoms. The summed E-state index contributed by atoms with van der Waals surface area (Å²) in [5.41, 5.74) is 2.38. The molecule has 0 radical (unpaired) electrons. The van der Waals surface area contributed by atoms with Gasteiger partial charge in [0.1, 0.15) is 11.5 Å². The van der Waals surface area contributed by atoms with Gasteiger partial charge in [-0.15, -0.1) is 11.3 Å². The van der Waals surface area contributed by atoms with Crippen LogP contribution in [0.15, 0.2) is 23.6 Å². The molecule has 1 aliphatic rings. The number of methoxy groups -OCH3 is 2. The van der Waals surface area contributed by atoms with Gasteiger partial charge in [0.2, 0.25) is 0 Å². The smallest absolute Gasteiger partial charge is 0.305 e. The fourth-order valence-electron chi connectivity index (χ4n) is 3.44. The molecule has 0 bridgehead atoms. The quantitative estimate of drug-likeness (QED) is 0.756. The molecule has 2 N–H and O–H groups in total. The van der Waals surface area contributed by atoms with Crippen LogP contribution in [0.4, 0.5) is 0 Å². The van der Waals surface area contributed by atoms with E-state index in [1.54, 1.807) is 36.6 Å². The molecule has 1 aliphatic carbocycles. The van der Waals surface area contributed by atoms with E-state index in [0.29, 0.717) is 22.6 Å². The summed E-state index contributed by atoms with van der Waals surface area (Å²) in [6.07, 6.45) is 3.91. The molecule has 0 saturated carbocycles. The Labute approximate surface area is 162 Å². The average Bonchev–Trinajstić information content (AvgIpc) is 3.10. The number of aliphatic carboxylic acids is 1. The second kappa shape index (κ2) is 8.43. The minimum Gasteiger partial charge on any atom is -0.497 e. The number of hydrogen-bond donors (Lipinski definition) is 2. The van der Waals surface area contributed by atoms with E-state index in [2.05, 4.69) is 5.32 Å². The Morgan fingerprint density at radius 1 is 1.22 bits per heavy atom. The SMILES string of the molecule is COc1ccc(C(CC(=O)O)NC(=O)c2csc3c2CCCC3)c(OC)c1. The third-order valence-corrected chi connectivity index (χ3v) is 5.89. The fraction of sp³-hybridized carbons (Fsp3) is 0.400. The third-order valence-electron chi connectivity index (χ3n) is 4.81. The average molecular weight is 389 g/mol. The monoisotopic (exact) mass is 389 g/mol. The van der Waals surface area contributed by atoms with E-state index in [4.69, 9.17) is 9.47 Å². The number of carbonyl (C=O) groups excluding carboxylic acids is 1. The molecule has 1 atom stereocenters. The number of fused-ring (bicyclic) bond motifs is 1. The molecule has 0 spiro atoms. The number of aryl methyl sites for hydroxylation is 1. The zero-order valence-electron chi connectivity index (χ0n) is 15.4. The summed E-state index contributed by atoms with van der Waals surface area (Å²) in [6.45, 7) is 0. The molecule has 0 aliphatic heterocycles. The molecule has 1 heterocycles. The summed E-state index contributed by atoms with van der Waals surface area (Å²) in [4.78, 5) is 25.6. The van der Waals surface area contributed by atoms with Gasteiger partial charge in [-0.25, -0.2) is 0 Å². The van der Waals surface area contributed by atoms with Crippen LogP contribution in [0.2, 0.25) is 0 Å². The molecule has 0 saturated heterocycles.